The summed E-state index contributed by atoms with van der Waals surface area (Å²) in [6.45, 7) is 2.02. The smallest absolute Gasteiger partial charge is 0.123 e. The summed E-state index contributed by atoms with van der Waals surface area (Å²) in [6, 6.07) is 28.2. The van der Waals surface area contributed by atoms with E-state index < -0.39 is 0 Å². The van der Waals surface area contributed by atoms with Crippen molar-refractivity contribution in [2.75, 3.05) is 0 Å². The number of benzene rings is 4. The van der Waals surface area contributed by atoms with Gasteiger partial charge in [-0.3, -0.25) is 0 Å². The number of thiocarbonyl (C=S) groups is 4. The van der Waals surface area contributed by atoms with Crippen LogP contribution in [0.5, 0.6) is 0 Å². The summed E-state index contributed by atoms with van der Waals surface area (Å²) in [4.78, 5) is 15.0. The zero-order chi connectivity index (χ0) is 29.6. The average molecular weight is 686 g/mol. The number of aryl methyl sites for hydroxylation is 1. The molecule has 0 radical (unpaired) electrons. The van der Waals surface area contributed by atoms with Gasteiger partial charge in [-0.1, -0.05) is 45.7 Å². The highest BCUT2D eigenvalue weighted by Crippen LogP contribution is 2.17. The molecule has 4 aromatic rings. The number of hydrogen-bond donors (Lipinski definition) is 0. The van der Waals surface area contributed by atoms with Crippen LogP contribution in [0.4, 0.5) is 27.1 Å². The highest BCUT2D eigenvalue weighted by molar-refractivity contribution is 9.10. The van der Waals surface area contributed by atoms with E-state index in [1.807, 2.05) is 67.6 Å². The molecular formula is C29H19BrClFN4S4. The molecule has 0 bridgehead atoms. The first-order valence-corrected chi connectivity index (χ1v) is 13.8. The van der Waals surface area contributed by atoms with Gasteiger partial charge in [0, 0.05) is 9.50 Å². The third-order valence-electron chi connectivity index (χ3n) is 4.16. The second-order valence-corrected chi connectivity index (χ2v) is 9.17. The lowest BCUT2D eigenvalue weighted by Gasteiger charge is -1.90. The summed E-state index contributed by atoms with van der Waals surface area (Å²) in [7, 11) is 0. The van der Waals surface area contributed by atoms with Gasteiger partial charge in [-0.25, -0.2) is 4.39 Å². The minimum atomic E-state index is -0.275. The van der Waals surface area contributed by atoms with E-state index in [1.165, 1.54) is 29.8 Å². The quantitative estimate of drug-likeness (QED) is 0.158. The Bertz CT molecular complexity index is 1440. The van der Waals surface area contributed by atoms with Gasteiger partial charge in [0.25, 0.3) is 0 Å². The molecule has 0 aromatic heterocycles. The van der Waals surface area contributed by atoms with Crippen molar-refractivity contribution in [2.24, 2.45) is 20.0 Å². The van der Waals surface area contributed by atoms with Crippen LogP contribution in [0.15, 0.2) is 122 Å². The number of rotatable bonds is 4. The molecule has 0 aliphatic rings. The van der Waals surface area contributed by atoms with Crippen molar-refractivity contribution in [1.82, 2.24) is 0 Å². The lowest BCUT2D eigenvalue weighted by atomic mass is 10.2. The highest BCUT2D eigenvalue weighted by atomic mass is 79.9. The molecule has 0 atom stereocenters. The van der Waals surface area contributed by atoms with Crippen LogP contribution in [0, 0.1) is 12.7 Å². The van der Waals surface area contributed by atoms with Gasteiger partial charge in [0.1, 0.15) is 5.82 Å². The van der Waals surface area contributed by atoms with Crippen LogP contribution >= 0.6 is 76.4 Å². The van der Waals surface area contributed by atoms with E-state index in [-0.39, 0.29) is 5.82 Å². The van der Waals surface area contributed by atoms with Crippen LogP contribution in [0.3, 0.4) is 0 Å². The van der Waals surface area contributed by atoms with Crippen LogP contribution in [-0.4, -0.2) is 20.6 Å². The van der Waals surface area contributed by atoms with Crippen molar-refractivity contribution in [3.05, 3.63) is 118 Å². The van der Waals surface area contributed by atoms with E-state index in [0.717, 1.165) is 21.5 Å². The largest absolute Gasteiger partial charge is 0.207 e. The monoisotopic (exact) mass is 684 g/mol. The SMILES string of the molecule is Cc1cccc(N=C=S)c1.Fc1ccc(N=C=S)cc1.S=C=Nc1ccc(Br)cc1.S=C=Nc1cccc(Cl)c1. The van der Waals surface area contributed by atoms with Crippen LogP contribution < -0.4 is 0 Å². The van der Waals surface area contributed by atoms with Gasteiger partial charge in [-0.2, -0.15) is 20.0 Å². The second kappa shape index (κ2) is 21.6. The second-order valence-electron chi connectivity index (χ2n) is 7.08. The third-order valence-corrected chi connectivity index (χ3v) is 5.29. The standard InChI is InChI=1S/C8H7NS.C7H4BrNS.C7H4ClNS.C7H4FNS/c1-7-3-2-4-8(5-7)9-6-10;8-6-1-3-7(4-2-6)9-5-10;8-6-2-1-3-7(4-6)9-5-10;8-6-1-3-7(4-2-6)9-5-10/h2-5H,1H3;3*1-4H. The molecule has 4 aromatic carbocycles. The Morgan fingerprint density at radius 2 is 1.02 bits per heavy atom. The summed E-state index contributed by atoms with van der Waals surface area (Å²) < 4.78 is 13.3. The molecule has 0 fully saturated rings. The molecule has 0 unspecified atom stereocenters. The first-order valence-electron chi connectivity index (χ1n) is 11.0. The van der Waals surface area contributed by atoms with E-state index in [1.54, 1.807) is 12.1 Å². The van der Waals surface area contributed by atoms with Crippen molar-refractivity contribution in [2.45, 2.75) is 6.92 Å². The van der Waals surface area contributed by atoms with Crippen LogP contribution in [0.2, 0.25) is 5.02 Å². The Morgan fingerprint density at radius 3 is 1.48 bits per heavy atom. The summed E-state index contributed by atoms with van der Waals surface area (Å²) in [5.41, 5.74) is 4.25. The van der Waals surface area contributed by atoms with Crippen molar-refractivity contribution in [3.63, 3.8) is 0 Å². The summed E-state index contributed by atoms with van der Waals surface area (Å²) >= 11 is 26.6. The molecule has 40 heavy (non-hydrogen) atoms. The normalized spacial score (nSPS) is 8.50. The lowest BCUT2D eigenvalue weighted by Crippen LogP contribution is -1.68. The first-order chi connectivity index (χ1) is 19.3. The molecule has 0 saturated carbocycles. The molecular weight excluding hydrogens is 667 g/mol. The molecule has 0 amide bonds. The summed E-state index contributed by atoms with van der Waals surface area (Å²) in [5.74, 6) is -0.275. The van der Waals surface area contributed by atoms with E-state index in [9.17, 15) is 4.39 Å². The lowest BCUT2D eigenvalue weighted by molar-refractivity contribution is 0.628. The van der Waals surface area contributed by atoms with Crippen molar-refractivity contribution < 1.29 is 4.39 Å². The maximum Gasteiger partial charge on any atom is 0.123 e. The minimum Gasteiger partial charge on any atom is -0.207 e. The molecule has 4 rings (SSSR count). The zero-order valence-corrected chi connectivity index (χ0v) is 26.4. The fourth-order valence-corrected chi connectivity index (χ4v) is 3.36. The predicted molar refractivity (Wildman–Crippen MR) is 182 cm³/mol. The highest BCUT2D eigenvalue weighted by Gasteiger charge is 1.89. The van der Waals surface area contributed by atoms with Gasteiger partial charge in [-0.15, -0.1) is 0 Å². The molecule has 200 valence electrons. The molecule has 0 N–H and O–H groups in total. The van der Waals surface area contributed by atoms with Crippen LogP contribution in [-0.2, 0) is 0 Å². The van der Waals surface area contributed by atoms with Gasteiger partial charge >= 0.3 is 0 Å². The molecule has 0 aliphatic carbocycles. The van der Waals surface area contributed by atoms with E-state index in [0.29, 0.717) is 10.7 Å². The van der Waals surface area contributed by atoms with Gasteiger partial charge in [-0.05, 0) is 140 Å². The Kier molecular flexibility index (Phi) is 18.8. The Morgan fingerprint density at radius 1 is 0.600 bits per heavy atom. The maximum absolute atomic E-state index is 12.2. The molecule has 4 nitrogen and oxygen atoms in total. The Hall–Kier alpha value is -3.22. The van der Waals surface area contributed by atoms with Gasteiger partial charge in [0.05, 0.1) is 43.4 Å². The maximum atomic E-state index is 12.2. The predicted octanol–water partition coefficient (Wildman–Crippen LogP) is 11.5. The van der Waals surface area contributed by atoms with Crippen molar-refractivity contribution >= 4 is 120 Å². The van der Waals surface area contributed by atoms with Crippen molar-refractivity contribution in [1.29, 1.82) is 0 Å². The average Bonchev–Trinajstić information content (AvgIpc) is 2.93. The van der Waals surface area contributed by atoms with Gasteiger partial charge in [0.15, 0.2) is 0 Å². The van der Waals surface area contributed by atoms with Crippen molar-refractivity contribution in [3.8, 4) is 0 Å². The number of halogens is 3. The summed E-state index contributed by atoms with van der Waals surface area (Å²) in [6.07, 6.45) is 0. The number of nitrogens with zero attached hydrogens (tertiary/aromatic N) is 4. The molecule has 0 spiro atoms. The summed E-state index contributed by atoms with van der Waals surface area (Å²) in [5, 5.41) is 9.73. The topological polar surface area (TPSA) is 49.4 Å². The molecule has 0 heterocycles. The van der Waals surface area contributed by atoms with E-state index in [2.05, 4.69) is 105 Å². The van der Waals surface area contributed by atoms with E-state index in [4.69, 9.17) is 11.6 Å². The van der Waals surface area contributed by atoms with Crippen LogP contribution in [0.1, 0.15) is 5.56 Å². The fraction of sp³-hybridized carbons (Fsp3) is 0.0345. The minimum absolute atomic E-state index is 0.275. The zero-order valence-electron chi connectivity index (χ0n) is 20.8. The number of hydrogen-bond acceptors (Lipinski definition) is 8. The van der Waals surface area contributed by atoms with Gasteiger partial charge in [0.2, 0.25) is 0 Å². The fourth-order valence-electron chi connectivity index (χ4n) is 2.49. The first kappa shape index (κ1) is 34.8. The van der Waals surface area contributed by atoms with E-state index >= 15 is 0 Å². The Labute approximate surface area is 267 Å². The molecule has 11 heteroatoms. The third kappa shape index (κ3) is 16.7. The number of isothiocyanates is 4. The van der Waals surface area contributed by atoms with Crippen LogP contribution in [0.25, 0.3) is 0 Å². The molecule has 0 saturated heterocycles. The molecule has 0 aliphatic heterocycles. The number of aliphatic imine (C=N–C) groups is 4. The Balaban J connectivity index is 0.000000267. The van der Waals surface area contributed by atoms with Gasteiger partial charge < -0.3 is 0 Å².